The van der Waals surface area contributed by atoms with Crippen LogP contribution in [0.25, 0.3) is 0 Å². The first-order valence-corrected chi connectivity index (χ1v) is 8.02. The van der Waals surface area contributed by atoms with Gasteiger partial charge in [0.05, 0.1) is 31.7 Å². The fraction of sp³-hybridized carbons (Fsp3) is 0.846. The lowest BCUT2D eigenvalue weighted by Crippen LogP contribution is -2.55. The van der Waals surface area contributed by atoms with E-state index in [1.54, 1.807) is 11.8 Å². The fourth-order valence-corrected chi connectivity index (χ4v) is 2.96. The lowest BCUT2D eigenvalue weighted by atomic mass is 10.1. The van der Waals surface area contributed by atoms with Crippen molar-refractivity contribution in [2.24, 2.45) is 0 Å². The van der Waals surface area contributed by atoms with Crippen LogP contribution in [-0.4, -0.2) is 80.6 Å². The van der Waals surface area contributed by atoms with Gasteiger partial charge >= 0.3 is 0 Å². The van der Waals surface area contributed by atoms with E-state index in [-0.39, 0.29) is 11.9 Å². The van der Waals surface area contributed by atoms with E-state index in [2.05, 4.69) is 11.8 Å². The average molecular weight is 287 g/mol. The third-order valence-electron chi connectivity index (χ3n) is 3.67. The quantitative estimate of drug-likeness (QED) is 0.751. The molecule has 109 valence electrons. The van der Waals surface area contributed by atoms with Crippen LogP contribution in [0.5, 0.6) is 0 Å². The molecule has 0 spiro atoms. The maximum atomic E-state index is 12.8. The highest BCUT2D eigenvalue weighted by Gasteiger charge is 2.35. The molecule has 2 rings (SSSR count). The molecule has 6 heteroatoms. The van der Waals surface area contributed by atoms with Crippen molar-refractivity contribution in [1.29, 1.82) is 0 Å². The Morgan fingerprint density at radius 3 is 2.11 bits per heavy atom. The highest BCUT2D eigenvalue weighted by atomic mass is 32.2. The van der Waals surface area contributed by atoms with Crippen molar-refractivity contribution in [3.8, 4) is 0 Å². The fourth-order valence-electron chi connectivity index (χ4n) is 2.49. The Morgan fingerprint density at radius 2 is 1.58 bits per heavy atom. The minimum Gasteiger partial charge on any atom is -0.379 e. The van der Waals surface area contributed by atoms with Gasteiger partial charge in [-0.1, -0.05) is 0 Å². The molecule has 1 atom stereocenters. The summed E-state index contributed by atoms with van der Waals surface area (Å²) in [5.74, 6) is 0.219. The number of carbonyl (C=O) groups excluding carboxylic acids is 1. The van der Waals surface area contributed by atoms with Crippen LogP contribution in [0.1, 0.15) is 6.92 Å². The molecular weight excluding hydrogens is 264 g/mol. The summed E-state index contributed by atoms with van der Waals surface area (Å²) in [5.41, 5.74) is 0. The number of rotatable bonds is 4. The Bertz CT molecular complexity index is 292. The van der Waals surface area contributed by atoms with Gasteiger partial charge in [0.1, 0.15) is 6.04 Å². The van der Waals surface area contributed by atoms with Gasteiger partial charge in [0, 0.05) is 26.2 Å². The van der Waals surface area contributed by atoms with E-state index in [1.165, 1.54) is 5.25 Å². The SMILES string of the molecule is CS[C](C)C(C(=O)N1CCOCC1)N1CCOCC1. The molecule has 5 nitrogen and oxygen atoms in total. The molecule has 2 aliphatic rings. The number of hydrogen-bond acceptors (Lipinski definition) is 5. The Labute approximate surface area is 119 Å². The molecule has 19 heavy (non-hydrogen) atoms. The molecule has 0 aromatic rings. The first kappa shape index (κ1) is 15.1. The van der Waals surface area contributed by atoms with Crippen LogP contribution in [0.2, 0.25) is 0 Å². The molecule has 1 amide bonds. The second-order valence-electron chi connectivity index (χ2n) is 4.80. The first-order valence-electron chi connectivity index (χ1n) is 6.80. The van der Waals surface area contributed by atoms with Crippen LogP contribution in [0.4, 0.5) is 0 Å². The molecular formula is C13H23N2O3S. The molecule has 2 aliphatic heterocycles. The Hall–Kier alpha value is -0.300. The van der Waals surface area contributed by atoms with Crippen LogP contribution in [0.3, 0.4) is 0 Å². The van der Waals surface area contributed by atoms with Crippen molar-refractivity contribution < 1.29 is 14.3 Å². The van der Waals surface area contributed by atoms with Crippen molar-refractivity contribution in [3.05, 3.63) is 5.25 Å². The number of hydrogen-bond donors (Lipinski definition) is 0. The van der Waals surface area contributed by atoms with Crippen LogP contribution in [0.15, 0.2) is 0 Å². The van der Waals surface area contributed by atoms with Gasteiger partial charge in [-0.05, 0) is 13.2 Å². The molecule has 0 saturated carbocycles. The number of ether oxygens (including phenoxy) is 2. The summed E-state index contributed by atoms with van der Waals surface area (Å²) in [4.78, 5) is 16.9. The van der Waals surface area contributed by atoms with E-state index in [9.17, 15) is 4.79 Å². The Balaban J connectivity index is 2.04. The summed E-state index contributed by atoms with van der Waals surface area (Å²) in [6.45, 7) is 7.88. The molecule has 0 N–H and O–H groups in total. The minimum absolute atomic E-state index is 0.114. The van der Waals surface area contributed by atoms with Crippen LogP contribution < -0.4 is 0 Å². The molecule has 1 unspecified atom stereocenters. The van der Waals surface area contributed by atoms with Gasteiger partial charge < -0.3 is 14.4 Å². The standard InChI is InChI=1S/C13H23N2O3S/c1-11(19-2)12(14-3-7-17-8-4-14)13(16)15-5-9-18-10-6-15/h12H,3-10H2,1-2H3. The number of nitrogens with zero attached hydrogens (tertiary/aromatic N) is 2. The summed E-state index contributed by atoms with van der Waals surface area (Å²) < 4.78 is 10.7. The number of morpholine rings is 2. The number of thioether (sulfide) groups is 1. The van der Waals surface area contributed by atoms with Gasteiger partial charge in [-0.15, -0.1) is 0 Å². The zero-order valence-electron chi connectivity index (χ0n) is 11.8. The highest BCUT2D eigenvalue weighted by Crippen LogP contribution is 2.26. The van der Waals surface area contributed by atoms with Gasteiger partial charge in [0.25, 0.3) is 0 Å². The molecule has 2 fully saturated rings. The largest absolute Gasteiger partial charge is 0.379 e. The third kappa shape index (κ3) is 3.84. The summed E-state index contributed by atoms with van der Waals surface area (Å²) in [6.07, 6.45) is 2.04. The number of amides is 1. The average Bonchev–Trinajstić information content (AvgIpc) is 2.49. The second-order valence-corrected chi connectivity index (χ2v) is 5.86. The lowest BCUT2D eigenvalue weighted by molar-refractivity contribution is -0.141. The first-order chi connectivity index (χ1) is 9.24. The maximum Gasteiger partial charge on any atom is 0.241 e. The monoisotopic (exact) mass is 287 g/mol. The highest BCUT2D eigenvalue weighted by molar-refractivity contribution is 8.01. The molecule has 0 aliphatic carbocycles. The van der Waals surface area contributed by atoms with Gasteiger partial charge in [-0.2, -0.15) is 11.8 Å². The van der Waals surface area contributed by atoms with E-state index >= 15 is 0 Å². The van der Waals surface area contributed by atoms with Gasteiger partial charge in [0.2, 0.25) is 5.91 Å². The maximum absolute atomic E-state index is 12.8. The van der Waals surface area contributed by atoms with Crippen molar-refractivity contribution in [1.82, 2.24) is 9.80 Å². The predicted octanol–water partition coefficient (Wildman–Crippen LogP) is 0.461. The zero-order chi connectivity index (χ0) is 13.7. The van der Waals surface area contributed by atoms with E-state index < -0.39 is 0 Å². The molecule has 1 radical (unpaired) electrons. The number of carbonyl (C=O) groups is 1. The lowest BCUT2D eigenvalue weighted by Gasteiger charge is -2.39. The van der Waals surface area contributed by atoms with Gasteiger partial charge in [-0.3, -0.25) is 9.69 Å². The molecule has 0 bridgehead atoms. The minimum atomic E-state index is -0.114. The van der Waals surface area contributed by atoms with Crippen LogP contribution in [0, 0.1) is 5.25 Å². The van der Waals surface area contributed by atoms with Gasteiger partial charge in [-0.25, -0.2) is 0 Å². The Morgan fingerprint density at radius 1 is 1.05 bits per heavy atom. The van der Waals surface area contributed by atoms with E-state index in [4.69, 9.17) is 9.47 Å². The third-order valence-corrected chi connectivity index (χ3v) is 4.54. The van der Waals surface area contributed by atoms with Crippen LogP contribution >= 0.6 is 11.8 Å². The summed E-state index contributed by atoms with van der Waals surface area (Å²) in [7, 11) is 0. The van der Waals surface area contributed by atoms with Crippen molar-refractivity contribution in [2.75, 3.05) is 58.9 Å². The van der Waals surface area contributed by atoms with E-state index in [0.717, 1.165) is 13.1 Å². The van der Waals surface area contributed by atoms with Crippen molar-refractivity contribution >= 4 is 17.7 Å². The van der Waals surface area contributed by atoms with Crippen molar-refractivity contribution in [2.45, 2.75) is 13.0 Å². The van der Waals surface area contributed by atoms with Gasteiger partial charge in [0.15, 0.2) is 0 Å². The summed E-state index contributed by atoms with van der Waals surface area (Å²) >= 11 is 1.67. The topological polar surface area (TPSA) is 42.0 Å². The second kappa shape index (κ2) is 7.47. The predicted molar refractivity (Wildman–Crippen MR) is 76.0 cm³/mol. The smallest absolute Gasteiger partial charge is 0.241 e. The zero-order valence-corrected chi connectivity index (χ0v) is 12.6. The van der Waals surface area contributed by atoms with Crippen molar-refractivity contribution in [3.63, 3.8) is 0 Å². The molecule has 2 heterocycles. The van der Waals surface area contributed by atoms with Crippen LogP contribution in [-0.2, 0) is 14.3 Å². The Kier molecular flexibility index (Phi) is 5.94. The molecule has 0 aromatic heterocycles. The summed E-state index contributed by atoms with van der Waals surface area (Å²) in [5, 5.41) is 1.17. The van der Waals surface area contributed by atoms with E-state index in [1.807, 2.05) is 11.2 Å². The van der Waals surface area contributed by atoms with E-state index in [0.29, 0.717) is 39.5 Å². The molecule has 0 aromatic carbocycles. The summed E-state index contributed by atoms with van der Waals surface area (Å²) in [6, 6.07) is -0.114. The normalized spacial score (nSPS) is 23.6. The molecule has 2 saturated heterocycles.